The third kappa shape index (κ3) is 2.72. The lowest BCUT2D eigenvalue weighted by atomic mass is 10.2. The van der Waals surface area contributed by atoms with Gasteiger partial charge in [-0.25, -0.2) is 0 Å². The molecule has 1 aromatic carbocycles. The van der Waals surface area contributed by atoms with Crippen molar-refractivity contribution in [1.82, 2.24) is 4.90 Å². The quantitative estimate of drug-likeness (QED) is 0.810. The number of carbonyl (C=O) groups excluding carboxylic acids is 1. The van der Waals surface area contributed by atoms with Gasteiger partial charge in [0.1, 0.15) is 5.75 Å². The Morgan fingerprint density at radius 3 is 2.78 bits per heavy atom. The number of benzene rings is 1. The Labute approximate surface area is 106 Å². The molecule has 0 aliphatic carbocycles. The highest BCUT2D eigenvalue weighted by Gasteiger charge is 2.18. The van der Waals surface area contributed by atoms with Gasteiger partial charge in [0.05, 0.1) is 17.3 Å². The van der Waals surface area contributed by atoms with Crippen LogP contribution in [-0.4, -0.2) is 30.5 Å². The first-order valence-electron chi connectivity index (χ1n) is 5.91. The second-order valence-electron chi connectivity index (χ2n) is 4.24. The molecule has 1 saturated heterocycles. The van der Waals surface area contributed by atoms with Crippen LogP contribution in [0.25, 0.3) is 0 Å². The molecule has 1 aliphatic heterocycles. The molecule has 0 unspecified atom stereocenters. The van der Waals surface area contributed by atoms with Gasteiger partial charge in [-0.3, -0.25) is 4.79 Å². The van der Waals surface area contributed by atoms with E-state index in [9.17, 15) is 4.79 Å². The topological polar surface area (TPSA) is 79.3 Å². The van der Waals surface area contributed by atoms with Crippen molar-refractivity contribution in [2.24, 2.45) is 0 Å². The van der Waals surface area contributed by atoms with Crippen molar-refractivity contribution in [3.8, 4) is 11.8 Å². The molecule has 0 aromatic heterocycles. The van der Waals surface area contributed by atoms with Crippen molar-refractivity contribution >= 4 is 11.6 Å². The summed E-state index contributed by atoms with van der Waals surface area (Å²) >= 11 is 0. The number of likely N-dealkylation sites (tertiary alicyclic amines) is 1. The predicted molar refractivity (Wildman–Crippen MR) is 66.9 cm³/mol. The van der Waals surface area contributed by atoms with E-state index in [4.69, 9.17) is 15.7 Å². The van der Waals surface area contributed by atoms with Gasteiger partial charge >= 0.3 is 0 Å². The van der Waals surface area contributed by atoms with Crippen LogP contribution in [0.5, 0.6) is 5.75 Å². The number of nitrogens with zero attached hydrogens (tertiary/aromatic N) is 2. The first-order valence-corrected chi connectivity index (χ1v) is 5.91. The summed E-state index contributed by atoms with van der Waals surface area (Å²) in [5.74, 6) is 0.429. The number of rotatable bonds is 3. The summed E-state index contributed by atoms with van der Waals surface area (Å²) in [4.78, 5) is 13.6. The minimum Gasteiger partial charge on any atom is -0.482 e. The molecule has 1 amide bonds. The first kappa shape index (κ1) is 12.2. The zero-order chi connectivity index (χ0) is 13.0. The summed E-state index contributed by atoms with van der Waals surface area (Å²) < 4.78 is 5.38. The minimum atomic E-state index is -0.0174. The predicted octanol–water partition coefficient (Wildman–Crippen LogP) is 1.14. The van der Waals surface area contributed by atoms with Crippen molar-refractivity contribution in [2.75, 3.05) is 25.4 Å². The Morgan fingerprint density at radius 2 is 2.17 bits per heavy atom. The second-order valence-corrected chi connectivity index (χ2v) is 4.24. The maximum Gasteiger partial charge on any atom is 0.260 e. The molecule has 1 fully saturated rings. The van der Waals surface area contributed by atoms with Crippen molar-refractivity contribution in [1.29, 1.82) is 5.26 Å². The highest BCUT2D eigenvalue weighted by atomic mass is 16.5. The zero-order valence-corrected chi connectivity index (χ0v) is 10.1. The van der Waals surface area contributed by atoms with Gasteiger partial charge in [0.15, 0.2) is 6.61 Å². The van der Waals surface area contributed by atoms with Crippen LogP contribution in [0.3, 0.4) is 0 Å². The number of nitriles is 1. The number of anilines is 1. The molecule has 5 heteroatoms. The average Bonchev–Trinajstić information content (AvgIpc) is 2.90. The molecule has 1 aliphatic rings. The maximum atomic E-state index is 11.8. The standard InChI is InChI=1S/C13H15N3O2/c14-8-10-3-4-12(11(15)7-10)18-9-13(17)16-5-1-2-6-16/h3-4,7H,1-2,5-6,9,15H2. The minimum absolute atomic E-state index is 0.00387. The van der Waals surface area contributed by atoms with E-state index in [0.717, 1.165) is 25.9 Å². The average molecular weight is 245 g/mol. The smallest absolute Gasteiger partial charge is 0.260 e. The van der Waals surface area contributed by atoms with E-state index in [-0.39, 0.29) is 12.5 Å². The monoisotopic (exact) mass is 245 g/mol. The van der Waals surface area contributed by atoms with Crippen molar-refractivity contribution in [3.05, 3.63) is 23.8 Å². The van der Waals surface area contributed by atoms with Gasteiger partial charge in [-0.1, -0.05) is 0 Å². The molecule has 18 heavy (non-hydrogen) atoms. The van der Waals surface area contributed by atoms with Crippen LogP contribution < -0.4 is 10.5 Å². The molecule has 1 heterocycles. The zero-order valence-electron chi connectivity index (χ0n) is 10.1. The SMILES string of the molecule is N#Cc1ccc(OCC(=O)N2CCCC2)c(N)c1. The largest absolute Gasteiger partial charge is 0.482 e. The Balaban J connectivity index is 1.94. The fraction of sp³-hybridized carbons (Fsp3) is 0.385. The van der Waals surface area contributed by atoms with Crippen molar-refractivity contribution in [2.45, 2.75) is 12.8 Å². The maximum absolute atomic E-state index is 11.8. The Hall–Kier alpha value is -2.22. The summed E-state index contributed by atoms with van der Waals surface area (Å²) in [5.41, 5.74) is 6.59. The highest BCUT2D eigenvalue weighted by Crippen LogP contribution is 2.22. The highest BCUT2D eigenvalue weighted by molar-refractivity contribution is 5.78. The van der Waals surface area contributed by atoms with Crippen LogP contribution in [0.4, 0.5) is 5.69 Å². The van der Waals surface area contributed by atoms with Gasteiger partial charge in [-0.05, 0) is 31.0 Å². The second kappa shape index (κ2) is 5.41. The number of nitrogen functional groups attached to an aromatic ring is 1. The molecule has 0 atom stereocenters. The number of amides is 1. The van der Waals surface area contributed by atoms with Crippen molar-refractivity contribution < 1.29 is 9.53 Å². The van der Waals surface area contributed by atoms with Crippen LogP contribution in [-0.2, 0) is 4.79 Å². The summed E-state index contributed by atoms with van der Waals surface area (Å²) in [6, 6.07) is 6.76. The lowest BCUT2D eigenvalue weighted by Crippen LogP contribution is -2.32. The molecule has 5 nitrogen and oxygen atoms in total. The molecule has 2 N–H and O–H groups in total. The van der Waals surface area contributed by atoms with Crippen LogP contribution in [0.2, 0.25) is 0 Å². The molecular weight excluding hydrogens is 230 g/mol. The van der Waals surface area contributed by atoms with Crippen LogP contribution in [0.15, 0.2) is 18.2 Å². The van der Waals surface area contributed by atoms with E-state index < -0.39 is 0 Å². The van der Waals surface area contributed by atoms with Crippen LogP contribution in [0.1, 0.15) is 18.4 Å². The van der Waals surface area contributed by atoms with Gasteiger partial charge in [0.25, 0.3) is 5.91 Å². The van der Waals surface area contributed by atoms with Gasteiger partial charge in [-0.2, -0.15) is 5.26 Å². The molecule has 0 bridgehead atoms. The fourth-order valence-corrected chi connectivity index (χ4v) is 1.95. The molecular formula is C13H15N3O2. The summed E-state index contributed by atoms with van der Waals surface area (Å²) in [6.07, 6.45) is 2.12. The Kier molecular flexibility index (Phi) is 3.68. The van der Waals surface area contributed by atoms with Gasteiger partial charge in [-0.15, -0.1) is 0 Å². The molecule has 1 aromatic rings. The normalized spacial score (nSPS) is 14.3. The molecule has 94 valence electrons. The van der Waals surface area contributed by atoms with Crippen LogP contribution >= 0.6 is 0 Å². The van der Waals surface area contributed by atoms with Gasteiger partial charge < -0.3 is 15.4 Å². The number of nitrogens with two attached hydrogens (primary N) is 1. The lowest BCUT2D eigenvalue weighted by molar-refractivity contribution is -0.132. The summed E-state index contributed by atoms with van der Waals surface area (Å²) in [6.45, 7) is 1.62. The van der Waals surface area contributed by atoms with E-state index in [2.05, 4.69) is 0 Å². The first-order chi connectivity index (χ1) is 8.70. The van der Waals surface area contributed by atoms with E-state index in [1.54, 1.807) is 17.0 Å². The fourth-order valence-electron chi connectivity index (χ4n) is 1.95. The number of carbonyl (C=O) groups is 1. The third-order valence-electron chi connectivity index (χ3n) is 2.95. The van der Waals surface area contributed by atoms with E-state index in [0.29, 0.717) is 17.0 Å². The number of ether oxygens (including phenoxy) is 1. The lowest BCUT2D eigenvalue weighted by Gasteiger charge is -2.16. The summed E-state index contributed by atoms with van der Waals surface area (Å²) in [7, 11) is 0. The summed E-state index contributed by atoms with van der Waals surface area (Å²) in [5, 5.41) is 8.71. The van der Waals surface area contributed by atoms with E-state index in [1.807, 2.05) is 6.07 Å². The number of hydrogen-bond acceptors (Lipinski definition) is 4. The molecule has 0 spiro atoms. The van der Waals surface area contributed by atoms with Crippen LogP contribution in [0, 0.1) is 11.3 Å². The van der Waals surface area contributed by atoms with Crippen molar-refractivity contribution in [3.63, 3.8) is 0 Å². The molecule has 0 radical (unpaired) electrons. The molecule has 0 saturated carbocycles. The van der Waals surface area contributed by atoms with E-state index in [1.165, 1.54) is 6.07 Å². The van der Waals surface area contributed by atoms with Gasteiger partial charge in [0.2, 0.25) is 0 Å². The van der Waals surface area contributed by atoms with E-state index >= 15 is 0 Å². The molecule has 2 rings (SSSR count). The Morgan fingerprint density at radius 1 is 1.44 bits per heavy atom. The van der Waals surface area contributed by atoms with Gasteiger partial charge in [0, 0.05) is 13.1 Å². The third-order valence-corrected chi connectivity index (χ3v) is 2.95. The Bertz CT molecular complexity index is 487. The number of hydrogen-bond donors (Lipinski definition) is 1.